The summed E-state index contributed by atoms with van der Waals surface area (Å²) in [5, 5.41) is 9.98. The van der Waals surface area contributed by atoms with Crippen LogP contribution < -0.4 is 0 Å². The van der Waals surface area contributed by atoms with Gasteiger partial charge in [0.05, 0.1) is 16.5 Å². The lowest BCUT2D eigenvalue weighted by atomic mass is 10.0. The Balaban J connectivity index is 1.69. The maximum absolute atomic E-state index is 13.0. The number of ether oxygens (including phenoxy) is 1. The molecule has 1 aliphatic carbocycles. The molecule has 1 N–H and O–H groups in total. The van der Waals surface area contributed by atoms with Crippen LogP contribution in [0.4, 0.5) is 0 Å². The van der Waals surface area contributed by atoms with Crippen molar-refractivity contribution < 1.29 is 19.4 Å². The summed E-state index contributed by atoms with van der Waals surface area (Å²) in [7, 11) is 0. The molecule has 0 aromatic heterocycles. The first kappa shape index (κ1) is 18.5. The summed E-state index contributed by atoms with van der Waals surface area (Å²) >= 11 is 12.0. The lowest BCUT2D eigenvalue weighted by Gasteiger charge is -2.34. The number of carbonyl (C=O) groups excluding carboxylic acids is 1. The largest absolute Gasteiger partial charge is 0.481 e. The van der Waals surface area contributed by atoms with E-state index in [0.717, 1.165) is 24.8 Å². The number of hydrogen-bond acceptors (Lipinski definition) is 3. The normalized spacial score (nSPS) is 23.3. The molecule has 2 aliphatic rings. The number of amides is 1. The number of aliphatic carboxylic acids is 1. The maximum atomic E-state index is 13.0. The second kappa shape index (κ2) is 7.94. The van der Waals surface area contributed by atoms with Crippen LogP contribution in [0, 0.1) is 5.92 Å². The van der Waals surface area contributed by atoms with E-state index in [-0.39, 0.29) is 36.8 Å². The molecular formula is C18H21Cl2NO4. The van der Waals surface area contributed by atoms with Gasteiger partial charge in [0, 0.05) is 31.7 Å². The van der Waals surface area contributed by atoms with Crippen molar-refractivity contribution in [3.05, 3.63) is 33.8 Å². The quantitative estimate of drug-likeness (QED) is 0.812. The fraction of sp³-hybridized carbons (Fsp3) is 0.556. The lowest BCUT2D eigenvalue weighted by molar-refractivity contribution is -0.141. The standard InChI is InChI=1S/C18H21Cl2NO4/c19-15-2-1-11(9-16(15)20)13-10-14(13)18(24)21(6-3-17(22)23)12-4-7-25-8-5-12/h1-2,9,12-14H,3-8,10H2,(H,22,23)/t13-,14-/m1/s1. The summed E-state index contributed by atoms with van der Waals surface area (Å²) in [5.41, 5.74) is 1.01. The highest BCUT2D eigenvalue weighted by Crippen LogP contribution is 2.49. The molecule has 1 aromatic rings. The Morgan fingerprint density at radius 2 is 1.92 bits per heavy atom. The van der Waals surface area contributed by atoms with Crippen LogP contribution in [0.5, 0.6) is 0 Å². The van der Waals surface area contributed by atoms with E-state index in [1.54, 1.807) is 11.0 Å². The predicted molar refractivity (Wildman–Crippen MR) is 95.1 cm³/mol. The minimum Gasteiger partial charge on any atom is -0.481 e. The first-order valence-corrected chi connectivity index (χ1v) is 9.28. The molecule has 1 aromatic carbocycles. The van der Waals surface area contributed by atoms with Crippen LogP contribution >= 0.6 is 23.2 Å². The second-order valence-corrected chi connectivity index (χ2v) is 7.46. The van der Waals surface area contributed by atoms with E-state index in [1.807, 2.05) is 12.1 Å². The zero-order valence-electron chi connectivity index (χ0n) is 13.8. The van der Waals surface area contributed by atoms with Crippen LogP contribution in [-0.2, 0) is 14.3 Å². The lowest BCUT2D eigenvalue weighted by Crippen LogP contribution is -2.45. The van der Waals surface area contributed by atoms with Crippen molar-refractivity contribution in [1.29, 1.82) is 0 Å². The Bertz CT molecular complexity index is 660. The van der Waals surface area contributed by atoms with E-state index < -0.39 is 5.97 Å². The van der Waals surface area contributed by atoms with Crippen molar-refractivity contribution >= 4 is 35.1 Å². The average Bonchev–Trinajstić information content (AvgIpc) is 3.39. The molecule has 3 rings (SSSR count). The van der Waals surface area contributed by atoms with Gasteiger partial charge in [-0.1, -0.05) is 29.3 Å². The summed E-state index contributed by atoms with van der Waals surface area (Å²) in [6, 6.07) is 5.54. The Hall–Kier alpha value is -1.30. The third-order valence-electron chi connectivity index (χ3n) is 4.96. The Labute approximate surface area is 156 Å². The maximum Gasteiger partial charge on any atom is 0.305 e. The molecule has 1 heterocycles. The van der Waals surface area contributed by atoms with Gasteiger partial charge in [-0.3, -0.25) is 9.59 Å². The monoisotopic (exact) mass is 385 g/mol. The topological polar surface area (TPSA) is 66.8 Å². The number of halogens is 2. The molecule has 2 atom stereocenters. The van der Waals surface area contributed by atoms with Crippen LogP contribution in [0.1, 0.15) is 37.2 Å². The molecule has 0 radical (unpaired) electrons. The Morgan fingerprint density at radius 3 is 2.56 bits per heavy atom. The number of nitrogens with zero attached hydrogens (tertiary/aromatic N) is 1. The van der Waals surface area contributed by atoms with E-state index in [0.29, 0.717) is 23.3 Å². The summed E-state index contributed by atoms with van der Waals surface area (Å²) in [6.07, 6.45) is 2.25. The number of carboxylic acids is 1. The highest BCUT2D eigenvalue weighted by Gasteiger charge is 2.47. The van der Waals surface area contributed by atoms with E-state index >= 15 is 0 Å². The van der Waals surface area contributed by atoms with Gasteiger partial charge in [0.25, 0.3) is 0 Å². The fourth-order valence-electron chi connectivity index (χ4n) is 3.48. The van der Waals surface area contributed by atoms with Crippen molar-refractivity contribution in [3.8, 4) is 0 Å². The van der Waals surface area contributed by atoms with Gasteiger partial charge in [-0.15, -0.1) is 0 Å². The molecule has 7 heteroatoms. The van der Waals surface area contributed by atoms with Gasteiger partial charge < -0.3 is 14.7 Å². The summed E-state index contributed by atoms with van der Waals surface area (Å²) in [4.78, 5) is 25.7. The van der Waals surface area contributed by atoms with Crippen molar-refractivity contribution in [1.82, 2.24) is 4.90 Å². The molecule has 1 amide bonds. The van der Waals surface area contributed by atoms with Crippen LogP contribution in [0.3, 0.4) is 0 Å². The SMILES string of the molecule is O=C(O)CCN(C(=O)[C@@H]1C[C@@H]1c1ccc(Cl)c(Cl)c1)C1CCOCC1. The van der Waals surface area contributed by atoms with Gasteiger partial charge in [-0.2, -0.15) is 0 Å². The zero-order chi connectivity index (χ0) is 18.0. The first-order valence-electron chi connectivity index (χ1n) is 8.52. The molecule has 136 valence electrons. The van der Waals surface area contributed by atoms with Crippen LogP contribution in [0.15, 0.2) is 18.2 Å². The van der Waals surface area contributed by atoms with Crippen molar-refractivity contribution in [2.45, 2.75) is 37.6 Å². The number of carbonyl (C=O) groups is 2. The van der Waals surface area contributed by atoms with Crippen LogP contribution in [0.2, 0.25) is 10.0 Å². The molecule has 25 heavy (non-hydrogen) atoms. The van der Waals surface area contributed by atoms with Gasteiger partial charge in [0.1, 0.15) is 0 Å². The van der Waals surface area contributed by atoms with Crippen molar-refractivity contribution in [2.75, 3.05) is 19.8 Å². The highest BCUT2D eigenvalue weighted by molar-refractivity contribution is 6.42. The van der Waals surface area contributed by atoms with Crippen LogP contribution in [0.25, 0.3) is 0 Å². The molecule has 1 saturated carbocycles. The fourth-order valence-corrected chi connectivity index (χ4v) is 3.78. The minimum atomic E-state index is -0.887. The molecule has 0 bridgehead atoms. The van der Waals surface area contributed by atoms with Gasteiger partial charge in [0.2, 0.25) is 5.91 Å². The number of rotatable bonds is 6. The number of benzene rings is 1. The molecule has 1 saturated heterocycles. The van der Waals surface area contributed by atoms with Gasteiger partial charge >= 0.3 is 5.97 Å². The van der Waals surface area contributed by atoms with Crippen molar-refractivity contribution in [2.24, 2.45) is 5.92 Å². The summed E-state index contributed by atoms with van der Waals surface area (Å²) in [6.45, 7) is 1.48. The Morgan fingerprint density at radius 1 is 1.20 bits per heavy atom. The molecule has 5 nitrogen and oxygen atoms in total. The molecule has 0 spiro atoms. The van der Waals surface area contributed by atoms with E-state index in [9.17, 15) is 9.59 Å². The third kappa shape index (κ3) is 4.46. The van der Waals surface area contributed by atoms with Gasteiger partial charge in [-0.05, 0) is 42.9 Å². The number of hydrogen-bond donors (Lipinski definition) is 1. The zero-order valence-corrected chi connectivity index (χ0v) is 15.3. The summed E-state index contributed by atoms with van der Waals surface area (Å²) < 4.78 is 5.36. The van der Waals surface area contributed by atoms with Crippen LogP contribution in [-0.4, -0.2) is 47.7 Å². The molecule has 1 aliphatic heterocycles. The summed E-state index contributed by atoms with van der Waals surface area (Å²) in [5.74, 6) is -0.811. The Kier molecular flexibility index (Phi) is 5.87. The van der Waals surface area contributed by atoms with Gasteiger partial charge in [0.15, 0.2) is 0 Å². The molecular weight excluding hydrogens is 365 g/mol. The minimum absolute atomic E-state index is 0.0345. The smallest absolute Gasteiger partial charge is 0.305 e. The van der Waals surface area contributed by atoms with E-state index in [2.05, 4.69) is 0 Å². The van der Waals surface area contributed by atoms with E-state index in [1.165, 1.54) is 0 Å². The second-order valence-electron chi connectivity index (χ2n) is 6.64. The van der Waals surface area contributed by atoms with Crippen molar-refractivity contribution in [3.63, 3.8) is 0 Å². The first-order chi connectivity index (χ1) is 12.0. The highest BCUT2D eigenvalue weighted by atomic mass is 35.5. The predicted octanol–water partition coefficient (Wildman–Crippen LogP) is 3.58. The van der Waals surface area contributed by atoms with E-state index in [4.69, 9.17) is 33.0 Å². The number of carboxylic acid groups (broad SMARTS) is 1. The third-order valence-corrected chi connectivity index (χ3v) is 5.70. The molecule has 2 fully saturated rings. The average molecular weight is 386 g/mol. The van der Waals surface area contributed by atoms with Gasteiger partial charge in [-0.25, -0.2) is 0 Å². The molecule has 0 unspecified atom stereocenters.